The molecule has 0 N–H and O–H groups in total. The van der Waals surface area contributed by atoms with E-state index >= 15 is 0 Å². The molecule has 0 bridgehead atoms. The SMILES string of the molecule is N#CCC1(Cl)CN(S)C1. The number of halogens is 1. The fraction of sp³-hybridized carbons (Fsp3) is 0.800. The molecule has 0 unspecified atom stereocenters. The minimum Gasteiger partial charge on any atom is -0.250 e. The zero-order valence-corrected chi connectivity index (χ0v) is 6.49. The number of rotatable bonds is 1. The maximum Gasteiger partial charge on any atom is 0.0847 e. The van der Waals surface area contributed by atoms with Crippen molar-refractivity contribution in [1.29, 1.82) is 5.26 Å². The van der Waals surface area contributed by atoms with Crippen molar-refractivity contribution in [2.75, 3.05) is 13.1 Å². The summed E-state index contributed by atoms with van der Waals surface area (Å²) in [5.41, 5.74) is 0. The minimum atomic E-state index is -0.295. The molecule has 1 fully saturated rings. The van der Waals surface area contributed by atoms with E-state index in [0.717, 1.165) is 0 Å². The van der Waals surface area contributed by atoms with E-state index in [-0.39, 0.29) is 4.87 Å². The first-order valence-corrected chi connectivity index (χ1v) is 3.44. The van der Waals surface area contributed by atoms with E-state index in [1.807, 2.05) is 6.07 Å². The summed E-state index contributed by atoms with van der Waals surface area (Å²) < 4.78 is 1.80. The van der Waals surface area contributed by atoms with Crippen molar-refractivity contribution in [3.63, 3.8) is 0 Å². The van der Waals surface area contributed by atoms with Crippen molar-refractivity contribution in [2.45, 2.75) is 11.3 Å². The molecule has 0 atom stereocenters. The quantitative estimate of drug-likeness (QED) is 0.461. The maximum atomic E-state index is 8.28. The van der Waals surface area contributed by atoms with Gasteiger partial charge in [0, 0.05) is 13.1 Å². The zero-order chi connectivity index (χ0) is 6.91. The summed E-state index contributed by atoms with van der Waals surface area (Å²) in [7, 11) is 0. The van der Waals surface area contributed by atoms with Gasteiger partial charge in [-0.2, -0.15) is 5.26 Å². The van der Waals surface area contributed by atoms with Crippen molar-refractivity contribution in [1.82, 2.24) is 4.31 Å². The van der Waals surface area contributed by atoms with Crippen molar-refractivity contribution in [2.24, 2.45) is 0 Å². The Morgan fingerprint density at radius 1 is 1.78 bits per heavy atom. The molecule has 2 nitrogen and oxygen atoms in total. The van der Waals surface area contributed by atoms with E-state index in [9.17, 15) is 0 Å². The van der Waals surface area contributed by atoms with Gasteiger partial charge >= 0.3 is 0 Å². The van der Waals surface area contributed by atoms with E-state index in [2.05, 4.69) is 12.8 Å². The molecule has 1 heterocycles. The molecule has 9 heavy (non-hydrogen) atoms. The second-order valence-corrected chi connectivity index (χ2v) is 3.68. The number of thiol groups is 1. The maximum absolute atomic E-state index is 8.28. The third kappa shape index (κ3) is 1.51. The molecule has 0 amide bonds. The van der Waals surface area contributed by atoms with Gasteiger partial charge < -0.3 is 0 Å². The largest absolute Gasteiger partial charge is 0.250 e. The van der Waals surface area contributed by atoms with Crippen LogP contribution in [0.3, 0.4) is 0 Å². The Balaban J connectivity index is 2.34. The summed E-state index contributed by atoms with van der Waals surface area (Å²) >= 11 is 9.92. The van der Waals surface area contributed by atoms with Crippen molar-refractivity contribution in [3.8, 4) is 6.07 Å². The zero-order valence-electron chi connectivity index (χ0n) is 4.84. The lowest BCUT2D eigenvalue weighted by atomic mass is 9.99. The van der Waals surface area contributed by atoms with Gasteiger partial charge in [-0.15, -0.1) is 11.6 Å². The van der Waals surface area contributed by atoms with Crippen LogP contribution in [0.15, 0.2) is 0 Å². The smallest absolute Gasteiger partial charge is 0.0847 e. The Morgan fingerprint density at radius 2 is 2.33 bits per heavy atom. The second kappa shape index (κ2) is 2.37. The fourth-order valence-electron chi connectivity index (χ4n) is 0.861. The third-order valence-corrected chi connectivity index (χ3v) is 1.98. The summed E-state index contributed by atoms with van der Waals surface area (Å²) in [6.45, 7) is 1.43. The Hall–Kier alpha value is 0.0900. The first-order chi connectivity index (χ1) is 4.16. The molecule has 1 aliphatic rings. The van der Waals surface area contributed by atoms with Crippen LogP contribution in [0.25, 0.3) is 0 Å². The molecular formula is C5H7ClN2S. The Morgan fingerprint density at radius 3 is 2.67 bits per heavy atom. The molecule has 50 valence electrons. The molecule has 1 aliphatic heterocycles. The summed E-state index contributed by atoms with van der Waals surface area (Å²) in [5.74, 6) is 0. The number of hydrogen-bond donors (Lipinski definition) is 1. The molecule has 4 heteroatoms. The van der Waals surface area contributed by atoms with Crippen LogP contribution in [-0.2, 0) is 0 Å². The van der Waals surface area contributed by atoms with Crippen LogP contribution in [0, 0.1) is 11.3 Å². The molecule has 0 aromatic heterocycles. The molecule has 0 spiro atoms. The molecule has 1 rings (SSSR count). The molecular weight excluding hydrogens is 156 g/mol. The lowest BCUT2D eigenvalue weighted by molar-refractivity contribution is 0.255. The van der Waals surface area contributed by atoms with Gasteiger partial charge in [0.1, 0.15) is 0 Å². The first kappa shape index (κ1) is 7.20. The van der Waals surface area contributed by atoms with Crippen molar-refractivity contribution < 1.29 is 0 Å². The lowest BCUT2D eigenvalue weighted by Gasteiger charge is -2.41. The predicted molar refractivity (Wildman–Crippen MR) is 39.4 cm³/mol. The molecule has 0 radical (unpaired) electrons. The van der Waals surface area contributed by atoms with Crippen LogP contribution >= 0.6 is 24.4 Å². The van der Waals surface area contributed by atoms with Crippen LogP contribution in [-0.4, -0.2) is 22.3 Å². The van der Waals surface area contributed by atoms with E-state index < -0.39 is 0 Å². The highest BCUT2D eigenvalue weighted by Crippen LogP contribution is 2.31. The monoisotopic (exact) mass is 162 g/mol. The van der Waals surface area contributed by atoms with Crippen LogP contribution in [0.4, 0.5) is 0 Å². The van der Waals surface area contributed by atoms with Gasteiger partial charge in [0.25, 0.3) is 0 Å². The summed E-state index contributed by atoms with van der Waals surface area (Å²) in [6, 6.07) is 2.04. The summed E-state index contributed by atoms with van der Waals surface area (Å²) in [5, 5.41) is 8.28. The van der Waals surface area contributed by atoms with Gasteiger partial charge in [0.15, 0.2) is 0 Å². The topological polar surface area (TPSA) is 27.0 Å². The number of alkyl halides is 1. The predicted octanol–water partition coefficient (Wildman–Crippen LogP) is 1.04. The average molecular weight is 163 g/mol. The highest BCUT2D eigenvalue weighted by Gasteiger charge is 2.39. The Kier molecular flexibility index (Phi) is 1.90. The van der Waals surface area contributed by atoms with Gasteiger partial charge in [-0.3, -0.25) is 0 Å². The highest BCUT2D eigenvalue weighted by molar-refractivity contribution is 7.77. The Bertz CT molecular complexity index is 148. The van der Waals surface area contributed by atoms with Gasteiger partial charge in [-0.25, -0.2) is 4.31 Å². The lowest BCUT2D eigenvalue weighted by Crippen LogP contribution is -2.53. The molecule has 0 aliphatic carbocycles. The second-order valence-electron chi connectivity index (χ2n) is 2.31. The van der Waals surface area contributed by atoms with Crippen LogP contribution < -0.4 is 0 Å². The first-order valence-electron chi connectivity index (χ1n) is 2.66. The fourth-order valence-corrected chi connectivity index (χ4v) is 1.92. The molecule has 0 aromatic rings. The standard InChI is InChI=1S/C5H7ClN2S/c6-5(1-2-7)3-8(9)4-5/h9H,1,3-4H2. The number of nitriles is 1. The Labute approximate surface area is 64.9 Å². The summed E-state index contributed by atoms with van der Waals surface area (Å²) in [4.78, 5) is -0.295. The van der Waals surface area contributed by atoms with Crippen molar-refractivity contribution >= 4 is 24.4 Å². The third-order valence-electron chi connectivity index (χ3n) is 1.33. The van der Waals surface area contributed by atoms with Crippen LogP contribution in [0.2, 0.25) is 0 Å². The molecule has 0 saturated carbocycles. The normalized spacial score (nSPS) is 24.6. The van der Waals surface area contributed by atoms with E-state index in [4.69, 9.17) is 16.9 Å². The van der Waals surface area contributed by atoms with Crippen molar-refractivity contribution in [3.05, 3.63) is 0 Å². The van der Waals surface area contributed by atoms with Gasteiger partial charge in [-0.1, -0.05) is 12.8 Å². The van der Waals surface area contributed by atoms with E-state index in [0.29, 0.717) is 19.5 Å². The number of hydrogen-bond acceptors (Lipinski definition) is 3. The summed E-state index contributed by atoms with van der Waals surface area (Å²) in [6.07, 6.45) is 0.422. The van der Waals surface area contributed by atoms with Crippen LogP contribution in [0.1, 0.15) is 6.42 Å². The molecule has 1 saturated heterocycles. The van der Waals surface area contributed by atoms with E-state index in [1.165, 1.54) is 0 Å². The minimum absolute atomic E-state index is 0.295. The average Bonchev–Trinajstić information content (AvgIpc) is 1.62. The number of nitrogens with zero attached hydrogens (tertiary/aromatic N) is 2. The highest BCUT2D eigenvalue weighted by atomic mass is 35.5. The van der Waals surface area contributed by atoms with Gasteiger partial charge in [0.05, 0.1) is 17.4 Å². The van der Waals surface area contributed by atoms with Gasteiger partial charge in [-0.05, 0) is 0 Å². The van der Waals surface area contributed by atoms with Gasteiger partial charge in [0.2, 0.25) is 0 Å². The molecule has 0 aromatic carbocycles. The van der Waals surface area contributed by atoms with E-state index in [1.54, 1.807) is 4.31 Å². The van der Waals surface area contributed by atoms with Crippen LogP contribution in [0.5, 0.6) is 0 Å².